The van der Waals surface area contributed by atoms with Gasteiger partial charge in [-0.1, -0.05) is 13.8 Å². The van der Waals surface area contributed by atoms with Crippen molar-refractivity contribution < 1.29 is 0 Å². The molecule has 2 aromatic rings. The Morgan fingerprint density at radius 1 is 0.857 bits per heavy atom. The van der Waals surface area contributed by atoms with E-state index in [1.807, 2.05) is 6.21 Å². The zero-order chi connectivity index (χ0) is 15.6. The van der Waals surface area contributed by atoms with Gasteiger partial charge in [0.25, 0.3) is 0 Å². The van der Waals surface area contributed by atoms with E-state index in [0.717, 1.165) is 18.5 Å². The molecule has 2 aromatic heterocycles. The van der Waals surface area contributed by atoms with Crippen LogP contribution in [0.5, 0.6) is 0 Å². The van der Waals surface area contributed by atoms with Gasteiger partial charge in [0.1, 0.15) is 0 Å². The standard InChI is InChI=1S/C18H27N3/c1-7-15-11(3)17(20-13(15)5)9-19-10-18-12(4)16(8-2)14(6)21-18/h9,20-21H,7-8,10H2,1-6H3. The molecular weight excluding hydrogens is 258 g/mol. The first-order chi connectivity index (χ1) is 9.99. The second-order valence-corrected chi connectivity index (χ2v) is 5.78. The Labute approximate surface area is 127 Å². The van der Waals surface area contributed by atoms with Crippen LogP contribution in [-0.4, -0.2) is 16.2 Å². The molecule has 2 rings (SSSR count). The quantitative estimate of drug-likeness (QED) is 0.768. The molecule has 0 unspecified atom stereocenters. The molecule has 0 saturated heterocycles. The topological polar surface area (TPSA) is 43.9 Å². The Morgan fingerprint density at radius 3 is 1.95 bits per heavy atom. The third-order valence-electron chi connectivity index (χ3n) is 4.50. The number of hydrogen-bond donors (Lipinski definition) is 2. The zero-order valence-electron chi connectivity index (χ0n) is 14.1. The van der Waals surface area contributed by atoms with E-state index in [4.69, 9.17) is 0 Å². The summed E-state index contributed by atoms with van der Waals surface area (Å²) in [6.45, 7) is 13.7. The first kappa shape index (κ1) is 15.6. The first-order valence-electron chi connectivity index (χ1n) is 7.84. The fraction of sp³-hybridized carbons (Fsp3) is 0.500. The van der Waals surface area contributed by atoms with Crippen LogP contribution in [0.2, 0.25) is 0 Å². The predicted octanol–water partition coefficient (Wildman–Crippen LogP) is 4.32. The minimum absolute atomic E-state index is 0.714. The molecule has 0 atom stereocenters. The minimum atomic E-state index is 0.714. The molecule has 2 N–H and O–H groups in total. The number of rotatable bonds is 5. The van der Waals surface area contributed by atoms with E-state index in [0.29, 0.717) is 6.54 Å². The lowest BCUT2D eigenvalue weighted by Gasteiger charge is -1.98. The van der Waals surface area contributed by atoms with Crippen molar-refractivity contribution in [3.63, 3.8) is 0 Å². The van der Waals surface area contributed by atoms with Gasteiger partial charge in [-0.25, -0.2) is 0 Å². The van der Waals surface area contributed by atoms with Crippen LogP contribution in [0.3, 0.4) is 0 Å². The van der Waals surface area contributed by atoms with Gasteiger partial charge in [0.15, 0.2) is 0 Å². The number of H-pyrrole nitrogens is 2. The van der Waals surface area contributed by atoms with Crippen molar-refractivity contribution in [2.45, 2.75) is 60.9 Å². The second-order valence-electron chi connectivity index (χ2n) is 5.78. The Bertz CT molecular complexity index is 657. The number of nitrogens with zero attached hydrogens (tertiary/aromatic N) is 1. The summed E-state index contributed by atoms with van der Waals surface area (Å²) in [6, 6.07) is 0. The van der Waals surface area contributed by atoms with Crippen LogP contribution >= 0.6 is 0 Å². The summed E-state index contributed by atoms with van der Waals surface area (Å²) < 4.78 is 0. The number of hydrogen-bond acceptors (Lipinski definition) is 1. The third kappa shape index (κ3) is 2.97. The summed E-state index contributed by atoms with van der Waals surface area (Å²) in [5.74, 6) is 0. The van der Waals surface area contributed by atoms with Gasteiger partial charge in [0, 0.05) is 23.3 Å². The SMILES string of the molecule is CCc1c(C)[nH]c(C=NCc2[nH]c(C)c(CC)c2C)c1C. The molecule has 0 amide bonds. The van der Waals surface area contributed by atoms with Crippen LogP contribution < -0.4 is 0 Å². The van der Waals surface area contributed by atoms with Gasteiger partial charge < -0.3 is 9.97 Å². The zero-order valence-corrected chi connectivity index (χ0v) is 14.1. The van der Waals surface area contributed by atoms with Gasteiger partial charge in [-0.3, -0.25) is 4.99 Å². The van der Waals surface area contributed by atoms with Crippen molar-refractivity contribution in [2.24, 2.45) is 4.99 Å². The maximum absolute atomic E-state index is 4.62. The largest absolute Gasteiger partial charge is 0.361 e. The van der Waals surface area contributed by atoms with Gasteiger partial charge in [0.05, 0.1) is 12.2 Å². The Hall–Kier alpha value is -1.77. The number of aliphatic imine (C=N–C) groups is 1. The Kier molecular flexibility index (Phi) is 4.71. The average Bonchev–Trinajstić information content (AvgIpc) is 2.87. The van der Waals surface area contributed by atoms with E-state index in [1.54, 1.807) is 0 Å². The minimum Gasteiger partial charge on any atom is -0.361 e. The van der Waals surface area contributed by atoms with E-state index < -0.39 is 0 Å². The molecule has 0 saturated carbocycles. The van der Waals surface area contributed by atoms with Gasteiger partial charge in [-0.15, -0.1) is 0 Å². The molecule has 0 aliphatic rings. The lowest BCUT2D eigenvalue weighted by molar-refractivity contribution is 0.988. The summed E-state index contributed by atoms with van der Waals surface area (Å²) >= 11 is 0. The lowest BCUT2D eigenvalue weighted by atomic mass is 10.1. The average molecular weight is 285 g/mol. The lowest BCUT2D eigenvalue weighted by Crippen LogP contribution is -1.90. The Morgan fingerprint density at radius 2 is 1.43 bits per heavy atom. The highest BCUT2D eigenvalue weighted by Crippen LogP contribution is 2.20. The fourth-order valence-electron chi connectivity index (χ4n) is 3.25. The van der Waals surface area contributed by atoms with Gasteiger partial charge in [-0.05, 0) is 62.8 Å². The molecular formula is C18H27N3. The summed E-state index contributed by atoms with van der Waals surface area (Å²) in [4.78, 5) is 11.5. The van der Waals surface area contributed by atoms with Gasteiger partial charge in [-0.2, -0.15) is 0 Å². The van der Waals surface area contributed by atoms with Crippen LogP contribution in [0.25, 0.3) is 0 Å². The molecule has 21 heavy (non-hydrogen) atoms. The molecule has 0 bridgehead atoms. The number of aromatic amines is 2. The molecule has 2 heterocycles. The van der Waals surface area contributed by atoms with Crippen LogP contribution in [0, 0.1) is 27.7 Å². The van der Waals surface area contributed by atoms with Gasteiger partial charge in [0.2, 0.25) is 0 Å². The number of aryl methyl sites for hydroxylation is 2. The highest BCUT2D eigenvalue weighted by atomic mass is 14.8. The van der Waals surface area contributed by atoms with E-state index >= 15 is 0 Å². The molecule has 0 spiro atoms. The van der Waals surface area contributed by atoms with Crippen molar-refractivity contribution in [3.05, 3.63) is 45.0 Å². The van der Waals surface area contributed by atoms with Crippen LogP contribution in [0.1, 0.15) is 58.9 Å². The van der Waals surface area contributed by atoms with E-state index in [2.05, 4.69) is 56.5 Å². The molecule has 114 valence electrons. The summed E-state index contributed by atoms with van der Waals surface area (Å²) in [7, 11) is 0. The fourth-order valence-corrected chi connectivity index (χ4v) is 3.25. The van der Waals surface area contributed by atoms with Crippen molar-refractivity contribution >= 4 is 6.21 Å². The monoisotopic (exact) mass is 285 g/mol. The molecule has 3 nitrogen and oxygen atoms in total. The molecule has 3 heteroatoms. The Balaban J connectivity index is 2.17. The van der Waals surface area contributed by atoms with E-state index in [9.17, 15) is 0 Å². The molecule has 0 aromatic carbocycles. The van der Waals surface area contributed by atoms with Crippen LogP contribution in [0.15, 0.2) is 4.99 Å². The van der Waals surface area contributed by atoms with Gasteiger partial charge >= 0.3 is 0 Å². The number of nitrogens with one attached hydrogen (secondary N) is 2. The second kappa shape index (κ2) is 6.33. The maximum Gasteiger partial charge on any atom is 0.0793 e. The van der Waals surface area contributed by atoms with Crippen LogP contribution in [0.4, 0.5) is 0 Å². The number of aromatic nitrogens is 2. The third-order valence-corrected chi connectivity index (χ3v) is 4.50. The molecule has 0 aliphatic heterocycles. The predicted molar refractivity (Wildman–Crippen MR) is 90.6 cm³/mol. The van der Waals surface area contributed by atoms with Crippen molar-refractivity contribution in [3.8, 4) is 0 Å². The summed E-state index contributed by atoms with van der Waals surface area (Å²) in [5.41, 5.74) is 10.4. The van der Waals surface area contributed by atoms with Crippen molar-refractivity contribution in [1.82, 2.24) is 9.97 Å². The van der Waals surface area contributed by atoms with Crippen LogP contribution in [-0.2, 0) is 19.4 Å². The normalized spacial score (nSPS) is 11.7. The highest BCUT2D eigenvalue weighted by molar-refractivity contribution is 5.80. The van der Waals surface area contributed by atoms with E-state index in [-0.39, 0.29) is 0 Å². The molecule has 0 aliphatic carbocycles. The highest BCUT2D eigenvalue weighted by Gasteiger charge is 2.10. The molecule has 0 fully saturated rings. The smallest absolute Gasteiger partial charge is 0.0793 e. The van der Waals surface area contributed by atoms with Crippen molar-refractivity contribution in [1.29, 1.82) is 0 Å². The first-order valence-corrected chi connectivity index (χ1v) is 7.84. The van der Waals surface area contributed by atoms with E-state index in [1.165, 1.54) is 39.3 Å². The van der Waals surface area contributed by atoms with Crippen molar-refractivity contribution in [2.75, 3.05) is 0 Å². The summed E-state index contributed by atoms with van der Waals surface area (Å²) in [6.07, 6.45) is 4.12. The molecule has 0 radical (unpaired) electrons. The summed E-state index contributed by atoms with van der Waals surface area (Å²) in [5, 5.41) is 0. The maximum atomic E-state index is 4.62.